The Morgan fingerprint density at radius 3 is 2.36 bits per heavy atom. The molecule has 0 spiro atoms. The van der Waals surface area contributed by atoms with Crippen LogP contribution in [-0.2, 0) is 24.1 Å². The Morgan fingerprint density at radius 2 is 1.80 bits per heavy atom. The number of aromatic nitrogens is 2. The molecule has 0 saturated heterocycles. The highest BCUT2D eigenvalue weighted by atomic mass is 19.4. The van der Waals surface area contributed by atoms with Crippen LogP contribution in [0.2, 0.25) is 0 Å². The van der Waals surface area contributed by atoms with Crippen molar-refractivity contribution < 1.29 is 18.0 Å². The summed E-state index contributed by atoms with van der Waals surface area (Å²) in [4.78, 5) is 16.1. The third kappa shape index (κ3) is 5.90. The van der Waals surface area contributed by atoms with Gasteiger partial charge in [-0.05, 0) is 25.7 Å². The number of amides is 1. The smallest absolute Gasteiger partial charge is 0.335 e. The number of alkyl halides is 3. The third-order valence-corrected chi connectivity index (χ3v) is 3.61. The van der Waals surface area contributed by atoms with Crippen molar-refractivity contribution in [1.82, 2.24) is 19.6 Å². The SMILES string of the molecule is CN(C)CCN(Cc1ccccc1)C(=O)Cn1ccc(C(F)(F)F)n1. The van der Waals surface area contributed by atoms with Gasteiger partial charge in [0.2, 0.25) is 5.91 Å². The topological polar surface area (TPSA) is 41.4 Å². The standard InChI is InChI=1S/C17H21F3N4O/c1-22(2)10-11-23(12-14-6-4-3-5-7-14)16(25)13-24-9-8-15(21-24)17(18,19)20/h3-9H,10-13H2,1-2H3. The van der Waals surface area contributed by atoms with Gasteiger partial charge in [0.05, 0.1) is 0 Å². The van der Waals surface area contributed by atoms with Crippen molar-refractivity contribution in [2.45, 2.75) is 19.3 Å². The van der Waals surface area contributed by atoms with E-state index in [1.807, 2.05) is 49.3 Å². The molecule has 0 bridgehead atoms. The molecule has 0 unspecified atom stereocenters. The second kappa shape index (κ2) is 8.15. The normalized spacial score (nSPS) is 11.8. The largest absolute Gasteiger partial charge is 0.435 e. The van der Waals surface area contributed by atoms with Gasteiger partial charge in [-0.15, -0.1) is 0 Å². The summed E-state index contributed by atoms with van der Waals surface area (Å²) in [5, 5.41) is 3.44. The maximum absolute atomic E-state index is 12.6. The summed E-state index contributed by atoms with van der Waals surface area (Å²) < 4.78 is 38.9. The van der Waals surface area contributed by atoms with Crippen molar-refractivity contribution in [2.75, 3.05) is 27.2 Å². The quantitative estimate of drug-likeness (QED) is 0.767. The Hall–Kier alpha value is -2.35. The molecule has 5 nitrogen and oxygen atoms in total. The Bertz CT molecular complexity index is 683. The summed E-state index contributed by atoms with van der Waals surface area (Å²) in [5.41, 5.74) is -0.0331. The number of likely N-dealkylation sites (N-methyl/N-ethyl adjacent to an activating group) is 1. The molecular formula is C17H21F3N4O. The molecule has 25 heavy (non-hydrogen) atoms. The maximum Gasteiger partial charge on any atom is 0.435 e. The molecule has 0 N–H and O–H groups in total. The first-order valence-electron chi connectivity index (χ1n) is 7.83. The van der Waals surface area contributed by atoms with E-state index in [0.29, 0.717) is 19.6 Å². The Morgan fingerprint density at radius 1 is 1.12 bits per heavy atom. The lowest BCUT2D eigenvalue weighted by atomic mass is 10.2. The summed E-state index contributed by atoms with van der Waals surface area (Å²) in [6, 6.07) is 10.3. The van der Waals surface area contributed by atoms with Crippen molar-refractivity contribution in [1.29, 1.82) is 0 Å². The lowest BCUT2D eigenvalue weighted by Gasteiger charge is -2.24. The van der Waals surface area contributed by atoms with Crippen LogP contribution < -0.4 is 0 Å². The van der Waals surface area contributed by atoms with E-state index in [1.54, 1.807) is 4.90 Å². The first-order chi connectivity index (χ1) is 11.8. The van der Waals surface area contributed by atoms with E-state index in [9.17, 15) is 18.0 Å². The van der Waals surface area contributed by atoms with Gasteiger partial charge >= 0.3 is 6.18 Å². The van der Waals surface area contributed by atoms with Gasteiger partial charge in [-0.1, -0.05) is 30.3 Å². The van der Waals surface area contributed by atoms with Crippen molar-refractivity contribution >= 4 is 5.91 Å². The lowest BCUT2D eigenvalue weighted by molar-refractivity contribution is -0.142. The number of halogens is 3. The van der Waals surface area contributed by atoms with E-state index >= 15 is 0 Å². The Kier molecular flexibility index (Phi) is 6.19. The first-order valence-corrected chi connectivity index (χ1v) is 7.83. The second-order valence-electron chi connectivity index (χ2n) is 6.00. The average Bonchev–Trinajstić information content (AvgIpc) is 3.01. The highest BCUT2D eigenvalue weighted by Gasteiger charge is 2.33. The van der Waals surface area contributed by atoms with Crippen LogP contribution >= 0.6 is 0 Å². The van der Waals surface area contributed by atoms with Gasteiger partial charge in [-0.25, -0.2) is 0 Å². The lowest BCUT2D eigenvalue weighted by Crippen LogP contribution is -2.38. The van der Waals surface area contributed by atoms with Gasteiger partial charge in [0, 0.05) is 25.8 Å². The molecule has 1 amide bonds. The molecule has 8 heteroatoms. The summed E-state index contributed by atoms with van der Waals surface area (Å²) in [6.07, 6.45) is -3.34. The average molecular weight is 354 g/mol. The predicted octanol–water partition coefficient (Wildman–Crippen LogP) is 2.49. The molecule has 1 aromatic carbocycles. The van der Waals surface area contributed by atoms with Crippen LogP contribution in [0.1, 0.15) is 11.3 Å². The molecule has 1 aromatic heterocycles. The Labute approximate surface area is 144 Å². The minimum absolute atomic E-state index is 0.226. The van der Waals surface area contributed by atoms with Crippen molar-refractivity contribution in [3.05, 3.63) is 53.9 Å². The first kappa shape index (κ1) is 19.0. The van der Waals surface area contributed by atoms with E-state index in [4.69, 9.17) is 0 Å². The van der Waals surface area contributed by atoms with Crippen LogP contribution in [0.4, 0.5) is 13.2 Å². The zero-order valence-corrected chi connectivity index (χ0v) is 14.2. The summed E-state index contributed by atoms with van der Waals surface area (Å²) in [7, 11) is 3.79. The fourth-order valence-electron chi connectivity index (χ4n) is 2.26. The van der Waals surface area contributed by atoms with Crippen molar-refractivity contribution in [3.8, 4) is 0 Å². The summed E-state index contributed by atoms with van der Waals surface area (Å²) >= 11 is 0. The van der Waals surface area contributed by atoms with Crippen LogP contribution in [0.15, 0.2) is 42.6 Å². The van der Waals surface area contributed by atoms with Gasteiger partial charge in [-0.3, -0.25) is 9.48 Å². The highest BCUT2D eigenvalue weighted by Crippen LogP contribution is 2.27. The number of carbonyl (C=O) groups excluding carboxylic acids is 1. The van der Waals surface area contributed by atoms with E-state index in [-0.39, 0.29) is 12.5 Å². The number of hydrogen-bond donors (Lipinski definition) is 0. The van der Waals surface area contributed by atoms with E-state index in [2.05, 4.69) is 5.10 Å². The summed E-state index contributed by atoms with van der Waals surface area (Å²) in [5.74, 6) is -0.275. The van der Waals surface area contributed by atoms with Crippen molar-refractivity contribution in [2.24, 2.45) is 0 Å². The van der Waals surface area contributed by atoms with Crippen LogP contribution in [0, 0.1) is 0 Å². The van der Waals surface area contributed by atoms with Gasteiger partial charge in [0.25, 0.3) is 0 Å². The molecule has 1 heterocycles. The van der Waals surface area contributed by atoms with E-state index in [0.717, 1.165) is 16.3 Å². The van der Waals surface area contributed by atoms with Gasteiger partial charge in [0.1, 0.15) is 6.54 Å². The molecule has 0 atom stereocenters. The fourth-order valence-corrected chi connectivity index (χ4v) is 2.26. The number of benzene rings is 1. The van der Waals surface area contributed by atoms with E-state index < -0.39 is 11.9 Å². The number of rotatable bonds is 7. The molecule has 0 aliphatic carbocycles. The molecule has 0 saturated carbocycles. The zero-order valence-electron chi connectivity index (χ0n) is 14.2. The number of carbonyl (C=O) groups is 1. The number of hydrogen-bond acceptors (Lipinski definition) is 3. The molecule has 136 valence electrons. The summed E-state index contributed by atoms with van der Waals surface area (Å²) in [6.45, 7) is 1.32. The van der Waals surface area contributed by atoms with Gasteiger partial charge < -0.3 is 9.80 Å². The Balaban J connectivity index is 2.07. The van der Waals surface area contributed by atoms with E-state index in [1.165, 1.54) is 6.20 Å². The van der Waals surface area contributed by atoms with Crippen LogP contribution in [-0.4, -0.2) is 52.7 Å². The molecule has 0 radical (unpaired) electrons. The minimum atomic E-state index is -4.51. The monoisotopic (exact) mass is 354 g/mol. The van der Waals surface area contributed by atoms with Crippen LogP contribution in [0.5, 0.6) is 0 Å². The fraction of sp³-hybridized carbons (Fsp3) is 0.412. The molecular weight excluding hydrogens is 333 g/mol. The molecule has 2 rings (SSSR count). The predicted molar refractivity (Wildman–Crippen MR) is 87.6 cm³/mol. The molecule has 0 aliphatic rings. The highest BCUT2D eigenvalue weighted by molar-refractivity contribution is 5.75. The maximum atomic E-state index is 12.6. The minimum Gasteiger partial charge on any atom is -0.335 e. The molecule has 2 aromatic rings. The molecule has 0 aliphatic heterocycles. The number of nitrogens with zero attached hydrogens (tertiary/aromatic N) is 4. The molecule has 0 fully saturated rings. The van der Waals surface area contributed by atoms with Crippen molar-refractivity contribution in [3.63, 3.8) is 0 Å². The van der Waals surface area contributed by atoms with Crippen LogP contribution in [0.3, 0.4) is 0 Å². The van der Waals surface area contributed by atoms with Gasteiger partial charge in [0.15, 0.2) is 5.69 Å². The van der Waals surface area contributed by atoms with Crippen LogP contribution in [0.25, 0.3) is 0 Å². The zero-order chi connectivity index (χ0) is 18.4. The second-order valence-corrected chi connectivity index (χ2v) is 6.00. The third-order valence-electron chi connectivity index (χ3n) is 3.61. The van der Waals surface area contributed by atoms with Gasteiger partial charge in [-0.2, -0.15) is 18.3 Å².